The molecule has 0 amide bonds. The van der Waals surface area contributed by atoms with Gasteiger partial charge in [0, 0.05) is 55.1 Å². The number of nitrogens with zero attached hydrogens (tertiary/aromatic N) is 8. The van der Waals surface area contributed by atoms with Crippen LogP contribution < -0.4 is 20.2 Å². The van der Waals surface area contributed by atoms with E-state index in [2.05, 4.69) is 49.2 Å². The van der Waals surface area contributed by atoms with Crippen molar-refractivity contribution in [3.8, 4) is 11.4 Å². The minimum atomic E-state index is -1.02. The Kier molecular flexibility index (Phi) is 11.6. The van der Waals surface area contributed by atoms with E-state index in [4.69, 9.17) is 14.2 Å². The van der Waals surface area contributed by atoms with Gasteiger partial charge in [0.1, 0.15) is 42.0 Å². The van der Waals surface area contributed by atoms with Crippen molar-refractivity contribution in [2.75, 3.05) is 49.2 Å². The summed E-state index contributed by atoms with van der Waals surface area (Å²) >= 11 is 0. The molecule has 0 N–H and O–H groups in total. The molecule has 2 aliphatic rings. The van der Waals surface area contributed by atoms with Gasteiger partial charge in [-0.1, -0.05) is 43.3 Å². The number of hydrogen-bond donors (Lipinski definition) is 0. The SMILES string of the molecule is CC[C@H]([C@@H](C)OCc1ccccc1)n1ncn(-c2ccc(N3CCN(c4ccc(OC[C@H]5CO[C@@](Cn6cncn6)(c6ccc(F)cc6F)C5)cc4)CC3)cc2)c1=O. The largest absolute Gasteiger partial charge is 0.493 e. The molecule has 0 saturated carbocycles. The third-order valence-corrected chi connectivity index (χ3v) is 11.3. The number of piperazine rings is 1. The number of ether oxygens (including phenoxy) is 3. The van der Waals surface area contributed by atoms with Crippen molar-refractivity contribution < 1.29 is 23.0 Å². The van der Waals surface area contributed by atoms with Crippen molar-refractivity contribution in [1.82, 2.24) is 29.1 Å². The van der Waals surface area contributed by atoms with E-state index in [1.54, 1.807) is 26.6 Å². The molecule has 4 aromatic carbocycles. The molecule has 8 rings (SSSR count). The van der Waals surface area contributed by atoms with Crippen LogP contribution in [0.3, 0.4) is 0 Å². The summed E-state index contributed by atoms with van der Waals surface area (Å²) in [5.74, 6) is -0.555. The van der Waals surface area contributed by atoms with Crippen LogP contribution in [0, 0.1) is 17.6 Å². The van der Waals surface area contributed by atoms with Crippen LogP contribution in [0.4, 0.5) is 20.2 Å². The summed E-state index contributed by atoms with van der Waals surface area (Å²) < 4.78 is 52.1. The number of benzene rings is 4. The van der Waals surface area contributed by atoms with Gasteiger partial charge in [-0.05, 0) is 79.9 Å². The molecular formula is C44H48F2N8O4. The molecule has 6 aromatic rings. The number of rotatable bonds is 15. The molecule has 0 radical (unpaired) electrons. The van der Waals surface area contributed by atoms with Crippen LogP contribution in [0.5, 0.6) is 5.75 Å². The third-order valence-electron chi connectivity index (χ3n) is 11.3. The minimum Gasteiger partial charge on any atom is -0.493 e. The summed E-state index contributed by atoms with van der Waals surface area (Å²) in [5.41, 5.74) is 3.16. The Morgan fingerprint density at radius 3 is 2.21 bits per heavy atom. The molecule has 2 fully saturated rings. The second-order valence-corrected chi connectivity index (χ2v) is 15.1. The Balaban J connectivity index is 0.828. The highest BCUT2D eigenvalue weighted by Crippen LogP contribution is 2.42. The molecule has 302 valence electrons. The Hall–Kier alpha value is -5.86. The normalized spacial score (nSPS) is 19.3. The standard InChI is InChI=1S/C44H48F2N8O4/c1-3-42(32(2)56-25-33-7-5-4-6-8-33)54-43(55)53(31-49-54)38-12-10-36(11-13-38)50-19-21-51(22-20-50)37-14-16-39(17-15-37)57-26-34-24-44(58-27-34,28-52-30-47-29-48-52)40-18-9-35(45)23-41(40)46/h4-18,23,29-32,34,42H,3,19-22,24-28H2,1-2H3/t32-,34+,42-,44+/m1/s1. The molecule has 4 heterocycles. The fourth-order valence-electron chi connectivity index (χ4n) is 8.14. The molecule has 12 nitrogen and oxygen atoms in total. The highest BCUT2D eigenvalue weighted by Gasteiger charge is 2.44. The van der Waals surface area contributed by atoms with E-state index in [0.717, 1.165) is 60.6 Å². The summed E-state index contributed by atoms with van der Waals surface area (Å²) in [5, 5.41) is 8.68. The zero-order valence-corrected chi connectivity index (χ0v) is 32.7. The summed E-state index contributed by atoms with van der Waals surface area (Å²) in [6.45, 7) is 8.91. The van der Waals surface area contributed by atoms with E-state index >= 15 is 4.39 Å². The Morgan fingerprint density at radius 1 is 0.862 bits per heavy atom. The van der Waals surface area contributed by atoms with Crippen molar-refractivity contribution in [3.05, 3.63) is 149 Å². The van der Waals surface area contributed by atoms with Gasteiger partial charge in [0.15, 0.2) is 0 Å². The predicted octanol–water partition coefficient (Wildman–Crippen LogP) is 6.80. The third kappa shape index (κ3) is 8.53. The maximum atomic E-state index is 15.0. The topological polar surface area (TPSA) is 105 Å². The van der Waals surface area contributed by atoms with Gasteiger partial charge >= 0.3 is 5.69 Å². The van der Waals surface area contributed by atoms with Crippen molar-refractivity contribution in [1.29, 1.82) is 0 Å². The summed E-state index contributed by atoms with van der Waals surface area (Å²) in [6.07, 6.45) is 5.57. The van der Waals surface area contributed by atoms with Gasteiger partial charge < -0.3 is 24.0 Å². The van der Waals surface area contributed by atoms with Gasteiger partial charge in [-0.3, -0.25) is 0 Å². The first-order valence-electron chi connectivity index (χ1n) is 19.9. The molecule has 0 aliphatic carbocycles. The maximum absolute atomic E-state index is 15.0. The van der Waals surface area contributed by atoms with Crippen LogP contribution >= 0.6 is 0 Å². The molecule has 2 aliphatic heterocycles. The predicted molar refractivity (Wildman–Crippen MR) is 216 cm³/mol. The van der Waals surface area contributed by atoms with Gasteiger partial charge in [-0.2, -0.15) is 10.2 Å². The van der Waals surface area contributed by atoms with E-state index < -0.39 is 17.2 Å². The molecule has 58 heavy (non-hydrogen) atoms. The highest BCUT2D eigenvalue weighted by atomic mass is 19.1. The maximum Gasteiger partial charge on any atom is 0.350 e. The quantitative estimate of drug-likeness (QED) is 0.111. The molecule has 2 aromatic heterocycles. The first-order valence-corrected chi connectivity index (χ1v) is 19.9. The highest BCUT2D eigenvalue weighted by molar-refractivity contribution is 5.54. The van der Waals surface area contributed by atoms with Gasteiger partial charge in [0.05, 0.1) is 44.2 Å². The van der Waals surface area contributed by atoms with Crippen molar-refractivity contribution in [2.24, 2.45) is 5.92 Å². The zero-order valence-electron chi connectivity index (χ0n) is 32.7. The number of hydrogen-bond acceptors (Lipinski definition) is 9. The summed E-state index contributed by atoms with van der Waals surface area (Å²) in [7, 11) is 0. The lowest BCUT2D eigenvalue weighted by Crippen LogP contribution is -2.46. The van der Waals surface area contributed by atoms with Gasteiger partial charge in [-0.15, -0.1) is 0 Å². The van der Waals surface area contributed by atoms with Crippen molar-refractivity contribution in [3.63, 3.8) is 0 Å². The first kappa shape index (κ1) is 39.0. The molecule has 0 spiro atoms. The van der Waals surface area contributed by atoms with Crippen LogP contribution in [0.1, 0.15) is 43.9 Å². The lowest BCUT2D eigenvalue weighted by atomic mass is 9.87. The number of halogens is 2. The van der Waals surface area contributed by atoms with E-state index in [9.17, 15) is 9.18 Å². The fraction of sp³-hybridized carbons (Fsp3) is 0.364. The lowest BCUT2D eigenvalue weighted by Gasteiger charge is -2.37. The zero-order chi connectivity index (χ0) is 40.1. The van der Waals surface area contributed by atoms with Gasteiger partial charge in [0.25, 0.3) is 0 Å². The van der Waals surface area contributed by atoms with Crippen LogP contribution in [-0.2, 0) is 28.2 Å². The summed E-state index contributed by atoms with van der Waals surface area (Å²) in [4.78, 5) is 22.2. The molecule has 0 unspecified atom stereocenters. The summed E-state index contributed by atoms with van der Waals surface area (Å²) in [6, 6.07) is 29.6. The van der Waals surface area contributed by atoms with Crippen LogP contribution in [0.2, 0.25) is 0 Å². The van der Waals surface area contributed by atoms with Crippen LogP contribution in [0.15, 0.2) is 121 Å². The average molecular weight is 791 g/mol. The molecule has 14 heteroatoms. The van der Waals surface area contributed by atoms with Gasteiger partial charge in [0.2, 0.25) is 0 Å². The Labute approximate surface area is 336 Å². The van der Waals surface area contributed by atoms with E-state index in [1.807, 2.05) is 68.4 Å². The minimum absolute atomic E-state index is 0.0128. The molecule has 2 saturated heterocycles. The van der Waals surface area contributed by atoms with E-state index in [1.165, 1.54) is 18.5 Å². The molecular weight excluding hydrogens is 743 g/mol. The monoisotopic (exact) mass is 790 g/mol. The van der Waals surface area contributed by atoms with Gasteiger partial charge in [-0.25, -0.2) is 32.5 Å². The second kappa shape index (κ2) is 17.3. The Morgan fingerprint density at radius 2 is 1.55 bits per heavy atom. The average Bonchev–Trinajstić information content (AvgIpc) is 4.02. The fourth-order valence-corrected chi connectivity index (χ4v) is 8.14. The van der Waals surface area contributed by atoms with Crippen LogP contribution in [-0.4, -0.2) is 74.6 Å². The number of anilines is 2. The lowest BCUT2D eigenvalue weighted by molar-refractivity contribution is -0.0206. The Bertz CT molecular complexity index is 2300. The molecule has 4 atom stereocenters. The first-order chi connectivity index (χ1) is 28.3. The smallest absolute Gasteiger partial charge is 0.350 e. The van der Waals surface area contributed by atoms with E-state index in [-0.39, 0.29) is 30.3 Å². The van der Waals surface area contributed by atoms with Crippen molar-refractivity contribution >= 4 is 11.4 Å². The van der Waals surface area contributed by atoms with E-state index in [0.29, 0.717) is 38.2 Å². The second-order valence-electron chi connectivity index (χ2n) is 15.1. The molecule has 0 bridgehead atoms. The van der Waals surface area contributed by atoms with Crippen molar-refractivity contribution in [2.45, 2.75) is 57.6 Å². The number of aromatic nitrogens is 6. The van der Waals surface area contributed by atoms with Crippen LogP contribution in [0.25, 0.3) is 5.69 Å².